The molecule has 0 saturated carbocycles. The molecule has 1 amide bonds. The van der Waals surface area contributed by atoms with E-state index in [2.05, 4.69) is 10.2 Å². The van der Waals surface area contributed by atoms with Crippen molar-refractivity contribution in [2.24, 2.45) is 0 Å². The van der Waals surface area contributed by atoms with Crippen molar-refractivity contribution in [3.8, 4) is 0 Å². The van der Waals surface area contributed by atoms with Crippen LogP contribution in [0.4, 0.5) is 5.69 Å². The summed E-state index contributed by atoms with van der Waals surface area (Å²) in [5.41, 5.74) is 7.15. The number of aryl methyl sites for hydroxylation is 1. The standard InChI is InChI=1S/C11H20N4O2/c1-8-9(12)10(14-13-8)11(17)15(2)6-4-3-5-7-16/h16H,3-7,12H2,1-2H3,(H,13,14). The maximum atomic E-state index is 12.0. The van der Waals surface area contributed by atoms with Crippen molar-refractivity contribution >= 4 is 11.6 Å². The summed E-state index contributed by atoms with van der Waals surface area (Å²) in [6, 6.07) is 0. The highest BCUT2D eigenvalue weighted by Gasteiger charge is 2.18. The lowest BCUT2D eigenvalue weighted by Gasteiger charge is -2.15. The zero-order valence-corrected chi connectivity index (χ0v) is 10.4. The summed E-state index contributed by atoms with van der Waals surface area (Å²) in [5.74, 6) is -0.171. The Morgan fingerprint density at radius 2 is 2.18 bits per heavy atom. The number of anilines is 1. The highest BCUT2D eigenvalue weighted by molar-refractivity contribution is 5.97. The highest BCUT2D eigenvalue weighted by Crippen LogP contribution is 2.14. The van der Waals surface area contributed by atoms with Crippen molar-refractivity contribution in [1.82, 2.24) is 15.1 Å². The van der Waals surface area contributed by atoms with E-state index in [1.54, 1.807) is 18.9 Å². The minimum absolute atomic E-state index is 0.171. The number of aromatic amines is 1. The fourth-order valence-corrected chi connectivity index (χ4v) is 1.52. The molecule has 6 heteroatoms. The third kappa shape index (κ3) is 3.45. The van der Waals surface area contributed by atoms with Crippen LogP contribution < -0.4 is 5.73 Å². The summed E-state index contributed by atoms with van der Waals surface area (Å²) < 4.78 is 0. The summed E-state index contributed by atoms with van der Waals surface area (Å²) in [6.07, 6.45) is 2.54. The molecule has 0 aliphatic carbocycles. The van der Waals surface area contributed by atoms with Crippen LogP contribution in [0.1, 0.15) is 35.4 Å². The molecule has 1 heterocycles. The first-order valence-electron chi connectivity index (χ1n) is 5.74. The highest BCUT2D eigenvalue weighted by atomic mass is 16.2. The second kappa shape index (κ2) is 6.24. The first kappa shape index (κ1) is 13.5. The molecular weight excluding hydrogens is 220 g/mol. The second-order valence-electron chi connectivity index (χ2n) is 4.12. The first-order chi connectivity index (χ1) is 8.07. The molecule has 17 heavy (non-hydrogen) atoms. The largest absolute Gasteiger partial charge is 0.396 e. The zero-order chi connectivity index (χ0) is 12.8. The fraction of sp³-hybridized carbons (Fsp3) is 0.636. The van der Waals surface area contributed by atoms with Crippen molar-refractivity contribution in [2.45, 2.75) is 26.2 Å². The van der Waals surface area contributed by atoms with Crippen LogP contribution in [-0.4, -0.2) is 46.3 Å². The number of H-pyrrole nitrogens is 1. The Morgan fingerprint density at radius 3 is 2.71 bits per heavy atom. The number of nitrogens with one attached hydrogen (secondary N) is 1. The van der Waals surface area contributed by atoms with Gasteiger partial charge in [-0.1, -0.05) is 0 Å². The molecule has 0 saturated heterocycles. The van der Waals surface area contributed by atoms with Crippen LogP contribution in [0.25, 0.3) is 0 Å². The molecule has 1 rings (SSSR count). The maximum Gasteiger partial charge on any atom is 0.276 e. The number of carbonyl (C=O) groups is 1. The van der Waals surface area contributed by atoms with E-state index in [1.165, 1.54) is 0 Å². The Hall–Kier alpha value is -1.56. The van der Waals surface area contributed by atoms with E-state index in [9.17, 15) is 4.79 Å². The van der Waals surface area contributed by atoms with E-state index >= 15 is 0 Å². The molecule has 0 aliphatic rings. The SMILES string of the molecule is Cc1[nH]nc(C(=O)N(C)CCCCCO)c1N. The summed E-state index contributed by atoms with van der Waals surface area (Å²) >= 11 is 0. The number of nitrogens with zero attached hydrogens (tertiary/aromatic N) is 2. The maximum absolute atomic E-state index is 12.0. The van der Waals surface area contributed by atoms with Crippen LogP contribution in [0.5, 0.6) is 0 Å². The number of rotatable bonds is 6. The molecule has 0 unspecified atom stereocenters. The molecule has 4 N–H and O–H groups in total. The monoisotopic (exact) mass is 240 g/mol. The molecular formula is C11H20N4O2. The lowest BCUT2D eigenvalue weighted by atomic mass is 10.2. The van der Waals surface area contributed by atoms with E-state index < -0.39 is 0 Å². The molecule has 1 aromatic heterocycles. The number of amides is 1. The van der Waals surface area contributed by atoms with Gasteiger partial charge in [-0.3, -0.25) is 9.89 Å². The first-order valence-corrected chi connectivity index (χ1v) is 5.74. The average Bonchev–Trinajstić information content (AvgIpc) is 2.64. The average molecular weight is 240 g/mol. The predicted octanol–water partition coefficient (Wildman–Crippen LogP) is 0.535. The molecule has 6 nitrogen and oxygen atoms in total. The normalized spacial score (nSPS) is 10.5. The van der Waals surface area contributed by atoms with Crippen molar-refractivity contribution in [3.05, 3.63) is 11.4 Å². The summed E-state index contributed by atoms with van der Waals surface area (Å²) in [7, 11) is 1.73. The van der Waals surface area contributed by atoms with E-state index in [1.807, 2.05) is 0 Å². The summed E-state index contributed by atoms with van der Waals surface area (Å²) in [6.45, 7) is 2.62. The van der Waals surface area contributed by atoms with Gasteiger partial charge < -0.3 is 15.7 Å². The lowest BCUT2D eigenvalue weighted by molar-refractivity contribution is 0.0787. The van der Waals surface area contributed by atoms with Gasteiger partial charge in [-0.15, -0.1) is 0 Å². The van der Waals surface area contributed by atoms with Crippen LogP contribution in [0.2, 0.25) is 0 Å². The van der Waals surface area contributed by atoms with Gasteiger partial charge in [-0.05, 0) is 26.2 Å². The third-order valence-electron chi connectivity index (χ3n) is 2.70. The van der Waals surface area contributed by atoms with Gasteiger partial charge in [0.1, 0.15) is 0 Å². The summed E-state index contributed by atoms with van der Waals surface area (Å²) in [5, 5.41) is 15.2. The quantitative estimate of drug-likeness (QED) is 0.632. The molecule has 0 aliphatic heterocycles. The topological polar surface area (TPSA) is 95.2 Å². The number of aromatic nitrogens is 2. The molecule has 1 aromatic rings. The van der Waals surface area contributed by atoms with Gasteiger partial charge in [0.05, 0.1) is 11.4 Å². The lowest BCUT2D eigenvalue weighted by Crippen LogP contribution is -2.28. The van der Waals surface area contributed by atoms with Gasteiger partial charge in [0.2, 0.25) is 0 Å². The second-order valence-corrected chi connectivity index (χ2v) is 4.12. The van der Waals surface area contributed by atoms with E-state index in [-0.39, 0.29) is 18.2 Å². The van der Waals surface area contributed by atoms with E-state index in [0.29, 0.717) is 17.9 Å². The van der Waals surface area contributed by atoms with E-state index in [0.717, 1.165) is 19.3 Å². The molecule has 0 spiro atoms. The molecule has 96 valence electrons. The van der Waals surface area contributed by atoms with Crippen LogP contribution in [0, 0.1) is 6.92 Å². The van der Waals surface area contributed by atoms with Crippen molar-refractivity contribution in [3.63, 3.8) is 0 Å². The van der Waals surface area contributed by atoms with Crippen LogP contribution >= 0.6 is 0 Å². The molecule has 0 bridgehead atoms. The molecule has 0 fully saturated rings. The van der Waals surface area contributed by atoms with Crippen molar-refractivity contribution in [1.29, 1.82) is 0 Å². The minimum atomic E-state index is -0.171. The Balaban J connectivity index is 2.49. The fourth-order valence-electron chi connectivity index (χ4n) is 1.52. The van der Waals surface area contributed by atoms with Gasteiger partial charge >= 0.3 is 0 Å². The van der Waals surface area contributed by atoms with E-state index in [4.69, 9.17) is 10.8 Å². The number of carbonyl (C=O) groups excluding carboxylic acids is 1. The Bertz CT molecular complexity index is 376. The number of hydrogen-bond acceptors (Lipinski definition) is 4. The Labute approximate surface area is 101 Å². The van der Waals surface area contributed by atoms with Crippen molar-refractivity contribution < 1.29 is 9.90 Å². The third-order valence-corrected chi connectivity index (χ3v) is 2.70. The van der Waals surface area contributed by atoms with Crippen LogP contribution in [0.3, 0.4) is 0 Å². The van der Waals surface area contributed by atoms with Crippen molar-refractivity contribution in [2.75, 3.05) is 25.9 Å². The molecule has 0 atom stereocenters. The van der Waals surface area contributed by atoms with Crippen LogP contribution in [-0.2, 0) is 0 Å². The number of aliphatic hydroxyl groups is 1. The van der Waals surface area contributed by atoms with Gasteiger partial charge in [0, 0.05) is 20.2 Å². The zero-order valence-electron chi connectivity index (χ0n) is 10.4. The van der Waals surface area contributed by atoms with Gasteiger partial charge in [0.15, 0.2) is 5.69 Å². The van der Waals surface area contributed by atoms with Crippen LogP contribution in [0.15, 0.2) is 0 Å². The number of aliphatic hydroxyl groups excluding tert-OH is 1. The Morgan fingerprint density at radius 1 is 1.47 bits per heavy atom. The predicted molar refractivity (Wildman–Crippen MR) is 65.6 cm³/mol. The smallest absolute Gasteiger partial charge is 0.276 e. The van der Waals surface area contributed by atoms with Gasteiger partial charge in [-0.25, -0.2) is 0 Å². The summed E-state index contributed by atoms with van der Waals surface area (Å²) in [4.78, 5) is 13.6. The number of nitrogen functional groups attached to an aromatic ring is 1. The molecule has 0 aromatic carbocycles. The minimum Gasteiger partial charge on any atom is -0.396 e. The number of unbranched alkanes of at least 4 members (excludes halogenated alkanes) is 2. The van der Waals surface area contributed by atoms with Gasteiger partial charge in [0.25, 0.3) is 5.91 Å². The van der Waals surface area contributed by atoms with Gasteiger partial charge in [-0.2, -0.15) is 5.10 Å². The number of hydrogen-bond donors (Lipinski definition) is 3. The number of nitrogens with two attached hydrogens (primary N) is 1. The Kier molecular flexibility index (Phi) is 4.96. The molecule has 0 radical (unpaired) electrons.